The maximum Gasteiger partial charge on any atom is 0.115 e. The lowest BCUT2D eigenvalue weighted by Crippen LogP contribution is -2.66. The van der Waals surface area contributed by atoms with Crippen molar-refractivity contribution in [3.05, 3.63) is 0 Å². The van der Waals surface area contributed by atoms with Crippen LogP contribution >= 0.6 is 0 Å². The van der Waals surface area contributed by atoms with Crippen molar-refractivity contribution < 1.29 is 4.39 Å². The topological polar surface area (TPSA) is 6.48 Å². The Labute approximate surface area is 98.8 Å². The summed E-state index contributed by atoms with van der Waals surface area (Å²) in [5.74, 6) is 0.259. The highest BCUT2D eigenvalue weighted by Gasteiger charge is 2.39. The van der Waals surface area contributed by atoms with Crippen LogP contribution in [0.4, 0.5) is 4.39 Å². The van der Waals surface area contributed by atoms with E-state index in [0.717, 1.165) is 26.1 Å². The Morgan fingerprint density at radius 2 is 1.75 bits per heavy atom. The summed E-state index contributed by atoms with van der Waals surface area (Å²) in [7, 11) is 0. The molecule has 0 amide bonds. The molecular weight excluding hydrogens is 203 g/mol. The summed E-state index contributed by atoms with van der Waals surface area (Å²) in [6, 6.07) is 0.602. The molecule has 0 bridgehead atoms. The van der Waals surface area contributed by atoms with Gasteiger partial charge in [0, 0.05) is 31.2 Å². The standard InChI is InChI=1S/C13H25FN2/c1-10-5-6-15(9-12(10)14)11-7-16(8-11)13(2,3)4/h10-12H,5-9H2,1-4H3/t10-,12-/m0/s1. The monoisotopic (exact) mass is 228 g/mol. The van der Waals surface area contributed by atoms with Gasteiger partial charge >= 0.3 is 0 Å². The fourth-order valence-corrected chi connectivity index (χ4v) is 2.61. The molecule has 0 N–H and O–H groups in total. The maximum atomic E-state index is 13.6. The second-order valence-corrected chi connectivity index (χ2v) is 6.51. The van der Waals surface area contributed by atoms with E-state index in [9.17, 15) is 4.39 Å². The van der Waals surface area contributed by atoms with Crippen LogP contribution < -0.4 is 0 Å². The van der Waals surface area contributed by atoms with Gasteiger partial charge in [0.05, 0.1) is 0 Å². The minimum Gasteiger partial charge on any atom is -0.295 e. The van der Waals surface area contributed by atoms with Crippen molar-refractivity contribution in [2.75, 3.05) is 26.2 Å². The Morgan fingerprint density at radius 1 is 1.12 bits per heavy atom. The fourth-order valence-electron chi connectivity index (χ4n) is 2.61. The predicted molar refractivity (Wildman–Crippen MR) is 65.4 cm³/mol. The first-order valence-corrected chi connectivity index (χ1v) is 6.51. The average Bonchev–Trinajstić information content (AvgIpc) is 2.06. The lowest BCUT2D eigenvalue weighted by molar-refractivity contribution is -0.0469. The quantitative estimate of drug-likeness (QED) is 0.678. The van der Waals surface area contributed by atoms with Crippen molar-refractivity contribution >= 4 is 0 Å². The van der Waals surface area contributed by atoms with Crippen LogP contribution in [0.2, 0.25) is 0 Å². The van der Waals surface area contributed by atoms with Gasteiger partial charge in [-0.2, -0.15) is 0 Å². The summed E-state index contributed by atoms with van der Waals surface area (Å²) in [6.45, 7) is 12.8. The maximum absolute atomic E-state index is 13.6. The molecule has 0 radical (unpaired) electrons. The minimum atomic E-state index is -0.613. The highest BCUT2D eigenvalue weighted by Crippen LogP contribution is 2.28. The van der Waals surface area contributed by atoms with Crippen molar-refractivity contribution in [1.82, 2.24) is 9.80 Å². The number of hydrogen-bond acceptors (Lipinski definition) is 2. The van der Waals surface area contributed by atoms with Gasteiger partial charge in [-0.15, -0.1) is 0 Å². The number of piperidine rings is 1. The molecule has 16 heavy (non-hydrogen) atoms. The molecule has 2 heterocycles. The van der Waals surface area contributed by atoms with E-state index in [-0.39, 0.29) is 11.5 Å². The molecule has 3 heteroatoms. The van der Waals surface area contributed by atoms with Gasteiger partial charge < -0.3 is 0 Å². The van der Waals surface area contributed by atoms with Crippen LogP contribution in [0.25, 0.3) is 0 Å². The van der Waals surface area contributed by atoms with Crippen molar-refractivity contribution in [3.8, 4) is 0 Å². The normalized spacial score (nSPS) is 35.1. The predicted octanol–water partition coefficient (Wildman–Crippen LogP) is 2.15. The summed E-state index contributed by atoms with van der Waals surface area (Å²) >= 11 is 0. The summed E-state index contributed by atoms with van der Waals surface area (Å²) < 4.78 is 13.6. The molecule has 2 fully saturated rings. The first kappa shape index (κ1) is 12.3. The molecule has 0 saturated carbocycles. The molecule has 2 saturated heterocycles. The number of hydrogen-bond donors (Lipinski definition) is 0. The molecule has 0 unspecified atom stereocenters. The van der Waals surface area contributed by atoms with Gasteiger partial charge in [0.2, 0.25) is 0 Å². The molecule has 0 spiro atoms. The Hall–Kier alpha value is -0.150. The highest BCUT2D eigenvalue weighted by molar-refractivity contribution is 4.96. The largest absolute Gasteiger partial charge is 0.295 e. The van der Waals surface area contributed by atoms with E-state index >= 15 is 0 Å². The van der Waals surface area contributed by atoms with Crippen molar-refractivity contribution in [2.45, 2.75) is 51.9 Å². The van der Waals surface area contributed by atoms with Gasteiger partial charge in [0.1, 0.15) is 6.17 Å². The third kappa shape index (κ3) is 2.40. The third-order valence-corrected chi connectivity index (χ3v) is 4.23. The fraction of sp³-hybridized carbons (Fsp3) is 1.00. The van der Waals surface area contributed by atoms with E-state index < -0.39 is 6.17 Å². The molecule has 0 aliphatic carbocycles. The van der Waals surface area contributed by atoms with E-state index in [1.807, 2.05) is 6.92 Å². The first-order valence-electron chi connectivity index (χ1n) is 6.51. The Balaban J connectivity index is 1.80. The zero-order chi connectivity index (χ0) is 11.9. The second kappa shape index (κ2) is 4.26. The van der Waals surface area contributed by atoms with Crippen LogP contribution in [-0.4, -0.2) is 53.7 Å². The van der Waals surface area contributed by atoms with Gasteiger partial charge in [-0.25, -0.2) is 4.39 Å². The van der Waals surface area contributed by atoms with E-state index in [1.54, 1.807) is 0 Å². The molecule has 2 aliphatic heterocycles. The zero-order valence-corrected chi connectivity index (χ0v) is 11.0. The second-order valence-electron chi connectivity index (χ2n) is 6.51. The SMILES string of the molecule is C[C@H]1CCN(C2CN(C(C)(C)C)C2)C[C@@H]1F. The lowest BCUT2D eigenvalue weighted by atomic mass is 9.92. The van der Waals surface area contributed by atoms with Gasteiger partial charge in [0.15, 0.2) is 0 Å². The van der Waals surface area contributed by atoms with Crippen LogP contribution in [0, 0.1) is 5.92 Å². The molecule has 0 aromatic carbocycles. The highest BCUT2D eigenvalue weighted by atomic mass is 19.1. The number of likely N-dealkylation sites (tertiary alicyclic amines) is 2. The Bertz CT molecular complexity index is 243. The van der Waals surface area contributed by atoms with Crippen LogP contribution in [0.1, 0.15) is 34.1 Å². The van der Waals surface area contributed by atoms with Gasteiger partial charge in [-0.1, -0.05) is 6.92 Å². The molecule has 2 atom stereocenters. The van der Waals surface area contributed by atoms with Crippen LogP contribution in [0.15, 0.2) is 0 Å². The van der Waals surface area contributed by atoms with E-state index in [4.69, 9.17) is 0 Å². The molecule has 94 valence electrons. The summed E-state index contributed by atoms with van der Waals surface area (Å²) in [5.41, 5.74) is 0.273. The van der Waals surface area contributed by atoms with Crippen molar-refractivity contribution in [2.24, 2.45) is 5.92 Å². The molecule has 2 aliphatic rings. The summed E-state index contributed by atoms with van der Waals surface area (Å²) in [4.78, 5) is 4.83. The summed E-state index contributed by atoms with van der Waals surface area (Å²) in [6.07, 6.45) is 0.408. The zero-order valence-electron chi connectivity index (χ0n) is 11.0. The molecule has 2 nitrogen and oxygen atoms in total. The first-order chi connectivity index (χ1) is 7.38. The number of nitrogens with zero attached hydrogens (tertiary/aromatic N) is 2. The minimum absolute atomic E-state index is 0.259. The smallest absolute Gasteiger partial charge is 0.115 e. The number of alkyl halides is 1. The van der Waals surface area contributed by atoms with E-state index in [1.165, 1.54) is 0 Å². The average molecular weight is 228 g/mol. The third-order valence-electron chi connectivity index (χ3n) is 4.23. The Kier molecular flexibility index (Phi) is 3.28. The lowest BCUT2D eigenvalue weighted by Gasteiger charge is -2.53. The van der Waals surface area contributed by atoms with Crippen molar-refractivity contribution in [3.63, 3.8) is 0 Å². The van der Waals surface area contributed by atoms with Gasteiger partial charge in [-0.3, -0.25) is 9.80 Å². The molecule has 2 rings (SSSR count). The molecule has 0 aromatic heterocycles. The van der Waals surface area contributed by atoms with Crippen LogP contribution in [0.3, 0.4) is 0 Å². The summed E-state index contributed by atoms with van der Waals surface area (Å²) in [5, 5.41) is 0. The van der Waals surface area contributed by atoms with Crippen molar-refractivity contribution in [1.29, 1.82) is 0 Å². The number of halogens is 1. The molecular formula is C13H25FN2. The number of rotatable bonds is 1. The molecule has 0 aromatic rings. The van der Waals surface area contributed by atoms with Gasteiger partial charge in [0.25, 0.3) is 0 Å². The van der Waals surface area contributed by atoms with Gasteiger partial charge in [-0.05, 0) is 39.7 Å². The van der Waals surface area contributed by atoms with Crippen LogP contribution in [-0.2, 0) is 0 Å². The van der Waals surface area contributed by atoms with E-state index in [0.29, 0.717) is 12.6 Å². The Morgan fingerprint density at radius 3 is 2.25 bits per heavy atom. The van der Waals surface area contributed by atoms with Crippen LogP contribution in [0.5, 0.6) is 0 Å². The van der Waals surface area contributed by atoms with E-state index in [2.05, 4.69) is 30.6 Å².